The smallest absolute Gasteiger partial charge is 0.419 e. The molecule has 0 aliphatic carbocycles. The molecular weight excluding hydrogens is 575 g/mol. The van der Waals surface area contributed by atoms with Gasteiger partial charge >= 0.3 is 6.18 Å². The van der Waals surface area contributed by atoms with Gasteiger partial charge in [0.2, 0.25) is 0 Å². The molecule has 37 heavy (non-hydrogen) atoms. The summed E-state index contributed by atoms with van der Waals surface area (Å²) in [6, 6.07) is 11.2. The third-order valence-electron chi connectivity index (χ3n) is 5.50. The van der Waals surface area contributed by atoms with E-state index in [0.29, 0.717) is 29.3 Å². The second-order valence-electron chi connectivity index (χ2n) is 8.38. The largest absolute Gasteiger partial charge is 0.488 e. The highest BCUT2D eigenvalue weighted by Crippen LogP contribution is 2.40. The van der Waals surface area contributed by atoms with E-state index in [-0.39, 0.29) is 20.6 Å². The zero-order valence-electron chi connectivity index (χ0n) is 19.2. The second-order valence-corrected chi connectivity index (χ2v) is 12.0. The summed E-state index contributed by atoms with van der Waals surface area (Å²) in [4.78, 5) is 2.84. The van der Waals surface area contributed by atoms with Crippen LogP contribution in [0.15, 0.2) is 69.3 Å². The number of nitrogens with one attached hydrogen (secondary N) is 1. The fourth-order valence-corrected chi connectivity index (χ4v) is 6.54. The van der Waals surface area contributed by atoms with E-state index in [9.17, 15) is 26.0 Å². The number of benzene rings is 3. The number of sulfonamides is 1. The Bertz CT molecular complexity index is 1420. The Hall–Kier alpha value is -2.18. The summed E-state index contributed by atoms with van der Waals surface area (Å²) < 4.78 is 88.0. The molecule has 0 radical (unpaired) electrons. The van der Waals surface area contributed by atoms with Gasteiger partial charge in [-0.3, -0.25) is 4.72 Å². The van der Waals surface area contributed by atoms with Crippen LogP contribution in [-0.4, -0.2) is 39.6 Å². The molecule has 0 saturated carbocycles. The number of rotatable bonds is 7. The fourth-order valence-electron chi connectivity index (χ4n) is 3.74. The Balaban J connectivity index is 1.56. The van der Waals surface area contributed by atoms with Crippen LogP contribution in [-0.2, 0) is 16.2 Å². The molecule has 0 bridgehead atoms. The summed E-state index contributed by atoms with van der Waals surface area (Å²) in [5, 5.41) is -0.164. The van der Waals surface area contributed by atoms with Gasteiger partial charge in [0, 0.05) is 28.9 Å². The van der Waals surface area contributed by atoms with Gasteiger partial charge in [-0.1, -0.05) is 35.0 Å². The van der Waals surface area contributed by atoms with Gasteiger partial charge in [-0.2, -0.15) is 13.2 Å². The van der Waals surface area contributed by atoms with Crippen LogP contribution >= 0.6 is 35.0 Å². The van der Waals surface area contributed by atoms with Crippen molar-refractivity contribution in [3.63, 3.8) is 0 Å². The van der Waals surface area contributed by atoms with Crippen molar-refractivity contribution in [3.05, 3.63) is 76.0 Å². The topological polar surface area (TPSA) is 58.6 Å². The molecule has 0 aromatic heterocycles. The molecule has 13 heteroatoms. The van der Waals surface area contributed by atoms with Gasteiger partial charge in [0.1, 0.15) is 22.6 Å². The summed E-state index contributed by atoms with van der Waals surface area (Å²) in [6.45, 7) is 1.14. The number of anilines is 1. The predicted octanol–water partition coefficient (Wildman–Crippen LogP) is 7.19. The quantitative estimate of drug-likeness (QED) is 0.293. The number of likely N-dealkylation sites (tertiary alicyclic amines) is 1. The first-order valence-electron chi connectivity index (χ1n) is 10.8. The van der Waals surface area contributed by atoms with Crippen molar-refractivity contribution in [3.8, 4) is 5.75 Å². The minimum absolute atomic E-state index is 0.0562. The van der Waals surface area contributed by atoms with Crippen molar-refractivity contribution < 1.29 is 30.7 Å². The molecule has 3 aromatic carbocycles. The molecule has 3 aromatic rings. The summed E-state index contributed by atoms with van der Waals surface area (Å²) in [5.41, 5.74) is -1.10. The average molecular weight is 595 g/mol. The molecule has 1 N–H and O–H groups in total. The van der Waals surface area contributed by atoms with Crippen LogP contribution in [0.1, 0.15) is 12.0 Å². The van der Waals surface area contributed by atoms with Crippen molar-refractivity contribution >= 4 is 50.7 Å². The third kappa shape index (κ3) is 6.83. The minimum Gasteiger partial charge on any atom is -0.488 e. The number of alkyl halides is 3. The maximum absolute atomic E-state index is 13.5. The van der Waals surface area contributed by atoms with E-state index in [1.54, 1.807) is 0 Å². The molecular formula is C24H20Cl2F4N2O3S2. The first-order chi connectivity index (χ1) is 17.3. The van der Waals surface area contributed by atoms with Gasteiger partial charge in [0.25, 0.3) is 10.0 Å². The molecule has 0 unspecified atom stereocenters. The molecule has 1 fully saturated rings. The van der Waals surface area contributed by atoms with Crippen LogP contribution in [0, 0.1) is 5.82 Å². The van der Waals surface area contributed by atoms with Gasteiger partial charge in [0.15, 0.2) is 0 Å². The van der Waals surface area contributed by atoms with E-state index in [1.807, 2.05) is 11.9 Å². The lowest BCUT2D eigenvalue weighted by Gasteiger charge is -2.19. The monoisotopic (exact) mass is 594 g/mol. The molecule has 0 spiro atoms. The number of hydrogen-bond acceptors (Lipinski definition) is 5. The number of halogens is 6. The molecule has 1 aliphatic rings. The molecule has 1 saturated heterocycles. The normalized spacial score (nSPS) is 16.7. The minimum atomic E-state index is -4.68. The standard InChI is InChI=1S/C24H20Cl2F4N2O3S2/c1-32-9-8-15(13-32)35-22-10-14(2-5-18(22)24(28,29)30)31-37(33,34)23-7-4-17(12-20(23)26)36-16-3-6-21(27)19(25)11-16/h2-7,10-12,15,31H,8-9,13H2,1H3/t15-/m1/s1. The van der Waals surface area contributed by atoms with Gasteiger partial charge in [-0.15, -0.1) is 0 Å². The highest BCUT2D eigenvalue weighted by atomic mass is 35.5. The molecule has 5 nitrogen and oxygen atoms in total. The number of nitrogens with zero attached hydrogens (tertiary/aromatic N) is 1. The lowest BCUT2D eigenvalue weighted by molar-refractivity contribution is -0.139. The van der Waals surface area contributed by atoms with E-state index in [2.05, 4.69) is 4.72 Å². The van der Waals surface area contributed by atoms with E-state index in [0.717, 1.165) is 18.2 Å². The Kier molecular flexibility index (Phi) is 8.20. The second kappa shape index (κ2) is 10.9. The van der Waals surface area contributed by atoms with Crippen molar-refractivity contribution in [1.82, 2.24) is 4.90 Å². The highest BCUT2D eigenvalue weighted by Gasteiger charge is 2.36. The maximum Gasteiger partial charge on any atom is 0.419 e. The van der Waals surface area contributed by atoms with Crippen molar-refractivity contribution in [1.29, 1.82) is 0 Å². The van der Waals surface area contributed by atoms with Gasteiger partial charge in [-0.25, -0.2) is 12.8 Å². The van der Waals surface area contributed by atoms with Gasteiger partial charge in [-0.05, 0) is 62.0 Å². The van der Waals surface area contributed by atoms with Gasteiger partial charge in [0.05, 0.1) is 21.3 Å². The van der Waals surface area contributed by atoms with Crippen molar-refractivity contribution in [2.45, 2.75) is 33.4 Å². The molecule has 0 amide bonds. The van der Waals surface area contributed by atoms with Gasteiger partial charge < -0.3 is 9.64 Å². The lowest BCUT2D eigenvalue weighted by atomic mass is 10.1. The Morgan fingerprint density at radius 2 is 1.70 bits per heavy atom. The summed E-state index contributed by atoms with van der Waals surface area (Å²) in [7, 11) is -2.42. The molecule has 1 atom stereocenters. The van der Waals surface area contributed by atoms with Crippen LogP contribution in [0.5, 0.6) is 5.75 Å². The number of hydrogen-bond donors (Lipinski definition) is 1. The van der Waals surface area contributed by atoms with Crippen LogP contribution in [0.2, 0.25) is 10.0 Å². The third-order valence-corrected chi connectivity index (χ3v) is 8.63. The molecule has 1 heterocycles. The van der Waals surface area contributed by atoms with E-state index in [1.165, 1.54) is 48.2 Å². The fraction of sp³-hybridized carbons (Fsp3) is 0.250. The van der Waals surface area contributed by atoms with E-state index < -0.39 is 39.4 Å². The number of likely N-dealkylation sites (N-methyl/N-ethyl adjacent to an activating group) is 1. The maximum atomic E-state index is 13.5. The Morgan fingerprint density at radius 1 is 1.03 bits per heavy atom. The lowest BCUT2D eigenvalue weighted by Crippen LogP contribution is -2.23. The molecule has 198 valence electrons. The SMILES string of the molecule is CN1CC[C@@H](Oc2cc(NS(=O)(=O)c3ccc(Sc4ccc(F)c(Cl)c4)cc3Cl)ccc2C(F)(F)F)C1. The highest BCUT2D eigenvalue weighted by molar-refractivity contribution is 7.99. The van der Waals surface area contributed by atoms with Crippen LogP contribution < -0.4 is 9.46 Å². The first kappa shape index (κ1) is 27.8. The number of ether oxygens (including phenoxy) is 1. The van der Waals surface area contributed by atoms with E-state index in [4.69, 9.17) is 27.9 Å². The zero-order chi connectivity index (χ0) is 27.0. The Labute approximate surface area is 225 Å². The Morgan fingerprint density at radius 3 is 2.30 bits per heavy atom. The van der Waals surface area contributed by atoms with Crippen LogP contribution in [0.3, 0.4) is 0 Å². The molecule has 4 rings (SSSR count). The zero-order valence-corrected chi connectivity index (χ0v) is 22.3. The first-order valence-corrected chi connectivity index (χ1v) is 13.9. The van der Waals surface area contributed by atoms with Crippen molar-refractivity contribution in [2.75, 3.05) is 24.9 Å². The van der Waals surface area contributed by atoms with E-state index >= 15 is 0 Å². The van der Waals surface area contributed by atoms with Crippen molar-refractivity contribution in [2.24, 2.45) is 0 Å². The molecule has 1 aliphatic heterocycles. The average Bonchev–Trinajstić information content (AvgIpc) is 3.19. The summed E-state index contributed by atoms with van der Waals surface area (Å²) >= 11 is 13.2. The summed E-state index contributed by atoms with van der Waals surface area (Å²) in [5.74, 6) is -1.02. The predicted molar refractivity (Wildman–Crippen MR) is 136 cm³/mol. The summed E-state index contributed by atoms with van der Waals surface area (Å²) in [6.07, 6.45) is -4.58. The van der Waals surface area contributed by atoms with Crippen LogP contribution in [0.4, 0.5) is 23.2 Å². The van der Waals surface area contributed by atoms with Crippen LogP contribution in [0.25, 0.3) is 0 Å².